The van der Waals surface area contributed by atoms with E-state index in [0.29, 0.717) is 0 Å². The number of rotatable bonds is 6. The molecule has 12 rings (SSSR count). The Morgan fingerprint density at radius 1 is 0.361 bits per heavy atom. The van der Waals surface area contributed by atoms with Crippen molar-refractivity contribution in [2.24, 2.45) is 0 Å². The zero-order valence-corrected chi connectivity index (χ0v) is 34.9. The van der Waals surface area contributed by atoms with Gasteiger partial charge in [-0.25, -0.2) is 0 Å². The molecule has 288 valence electrons. The number of thiophene rings is 1. The number of benzene rings is 10. The Labute approximate surface area is 360 Å². The van der Waals surface area contributed by atoms with Gasteiger partial charge in [-0.1, -0.05) is 178 Å². The summed E-state index contributed by atoms with van der Waals surface area (Å²) in [5, 5.41) is 7.72. The van der Waals surface area contributed by atoms with E-state index in [1.807, 2.05) is 11.3 Å². The van der Waals surface area contributed by atoms with Gasteiger partial charge in [-0.15, -0.1) is 11.3 Å². The first-order chi connectivity index (χ1) is 30.0. The lowest BCUT2D eigenvalue weighted by molar-refractivity contribution is 0.660. The Morgan fingerprint density at radius 3 is 1.87 bits per heavy atom. The van der Waals surface area contributed by atoms with Gasteiger partial charge in [0, 0.05) is 42.5 Å². The molecule has 0 radical (unpaired) electrons. The van der Waals surface area contributed by atoms with Gasteiger partial charge >= 0.3 is 0 Å². The second kappa shape index (κ2) is 13.9. The second-order valence-electron chi connectivity index (χ2n) is 16.9. The SMILES string of the molecule is CC1(C)c2ccccc2-c2ccc(N(c3ccc(-c4cccc5c4sc4ccccc45)cc3)c3ccc(-c4ccc5c(ccc6ccccc65)c4)cc3-c3ccccc3)cc21. The highest BCUT2D eigenvalue weighted by atomic mass is 32.1. The van der Waals surface area contributed by atoms with E-state index in [2.05, 4.69) is 231 Å². The van der Waals surface area contributed by atoms with Crippen molar-refractivity contribution in [1.82, 2.24) is 0 Å². The van der Waals surface area contributed by atoms with Gasteiger partial charge in [-0.2, -0.15) is 0 Å². The van der Waals surface area contributed by atoms with Crippen LogP contribution in [-0.2, 0) is 5.41 Å². The maximum atomic E-state index is 2.47. The third-order valence-corrected chi connectivity index (χ3v) is 14.3. The molecular formula is C59H41NS. The lowest BCUT2D eigenvalue weighted by atomic mass is 9.82. The van der Waals surface area contributed by atoms with Crippen LogP contribution in [0.2, 0.25) is 0 Å². The number of hydrogen-bond acceptors (Lipinski definition) is 2. The van der Waals surface area contributed by atoms with Gasteiger partial charge in [0.2, 0.25) is 0 Å². The van der Waals surface area contributed by atoms with E-state index < -0.39 is 0 Å². The summed E-state index contributed by atoms with van der Waals surface area (Å²) in [7, 11) is 0. The number of anilines is 3. The highest BCUT2D eigenvalue weighted by Gasteiger charge is 2.36. The van der Waals surface area contributed by atoms with Crippen LogP contribution in [0.1, 0.15) is 25.0 Å². The van der Waals surface area contributed by atoms with Crippen molar-refractivity contribution in [2.75, 3.05) is 4.90 Å². The zero-order valence-electron chi connectivity index (χ0n) is 34.1. The van der Waals surface area contributed by atoms with E-state index in [9.17, 15) is 0 Å². The first kappa shape index (κ1) is 35.7. The van der Waals surface area contributed by atoms with Gasteiger partial charge < -0.3 is 4.90 Å². The molecule has 0 spiro atoms. The average molecular weight is 796 g/mol. The van der Waals surface area contributed by atoms with Gasteiger partial charge in [0.25, 0.3) is 0 Å². The van der Waals surface area contributed by atoms with Gasteiger partial charge in [-0.05, 0) is 120 Å². The molecule has 1 aromatic heterocycles. The third kappa shape index (κ3) is 5.74. The Kier molecular flexibility index (Phi) is 8.13. The van der Waals surface area contributed by atoms with E-state index in [0.717, 1.165) is 17.1 Å². The van der Waals surface area contributed by atoms with Gasteiger partial charge in [-0.3, -0.25) is 0 Å². The minimum Gasteiger partial charge on any atom is -0.310 e. The molecule has 11 aromatic rings. The summed E-state index contributed by atoms with van der Waals surface area (Å²) >= 11 is 1.88. The van der Waals surface area contributed by atoms with Crippen LogP contribution in [0.4, 0.5) is 17.1 Å². The van der Waals surface area contributed by atoms with Crippen molar-refractivity contribution in [1.29, 1.82) is 0 Å². The van der Waals surface area contributed by atoms with E-state index in [-0.39, 0.29) is 5.41 Å². The molecule has 0 bridgehead atoms. The zero-order chi connectivity index (χ0) is 40.7. The summed E-state index contributed by atoms with van der Waals surface area (Å²) in [6.07, 6.45) is 0. The smallest absolute Gasteiger partial charge is 0.0540 e. The Bertz CT molecular complexity index is 3500. The summed E-state index contributed by atoms with van der Waals surface area (Å²) in [5.74, 6) is 0. The van der Waals surface area contributed by atoms with Gasteiger partial charge in [0.1, 0.15) is 0 Å². The molecule has 1 aliphatic carbocycles. The van der Waals surface area contributed by atoms with Crippen LogP contribution >= 0.6 is 11.3 Å². The summed E-state index contributed by atoms with van der Waals surface area (Å²) in [4.78, 5) is 2.47. The predicted octanol–water partition coefficient (Wildman–Crippen LogP) is 17.1. The molecule has 2 heteroatoms. The molecule has 0 unspecified atom stereocenters. The highest BCUT2D eigenvalue weighted by Crippen LogP contribution is 2.52. The average Bonchev–Trinajstić information content (AvgIpc) is 3.81. The first-order valence-corrected chi connectivity index (χ1v) is 22.0. The molecule has 61 heavy (non-hydrogen) atoms. The van der Waals surface area contributed by atoms with E-state index >= 15 is 0 Å². The quantitative estimate of drug-likeness (QED) is 0.152. The normalized spacial score (nSPS) is 12.9. The molecule has 1 nitrogen and oxygen atoms in total. The fourth-order valence-electron chi connectivity index (χ4n) is 9.98. The van der Waals surface area contributed by atoms with Crippen LogP contribution in [0.25, 0.3) is 86.2 Å². The van der Waals surface area contributed by atoms with Crippen molar-refractivity contribution in [3.05, 3.63) is 223 Å². The molecule has 10 aromatic carbocycles. The number of hydrogen-bond donors (Lipinski definition) is 0. The van der Waals surface area contributed by atoms with Crippen molar-refractivity contribution in [3.8, 4) is 44.5 Å². The van der Waals surface area contributed by atoms with Gasteiger partial charge in [0.05, 0.1) is 5.69 Å². The monoisotopic (exact) mass is 795 g/mol. The van der Waals surface area contributed by atoms with Crippen molar-refractivity contribution in [3.63, 3.8) is 0 Å². The van der Waals surface area contributed by atoms with Crippen molar-refractivity contribution >= 4 is 70.1 Å². The van der Waals surface area contributed by atoms with E-state index in [1.54, 1.807) is 0 Å². The molecule has 0 amide bonds. The van der Waals surface area contributed by atoms with Crippen molar-refractivity contribution in [2.45, 2.75) is 19.3 Å². The molecule has 1 aliphatic rings. The van der Waals surface area contributed by atoms with Crippen LogP contribution in [0, 0.1) is 0 Å². The van der Waals surface area contributed by atoms with Crippen LogP contribution in [0.3, 0.4) is 0 Å². The molecule has 0 saturated heterocycles. The molecule has 0 fully saturated rings. The maximum absolute atomic E-state index is 2.47. The van der Waals surface area contributed by atoms with Crippen molar-refractivity contribution < 1.29 is 0 Å². The van der Waals surface area contributed by atoms with Crippen LogP contribution in [0.5, 0.6) is 0 Å². The third-order valence-electron chi connectivity index (χ3n) is 13.1. The fraction of sp³-hybridized carbons (Fsp3) is 0.0508. The molecule has 1 heterocycles. The maximum Gasteiger partial charge on any atom is 0.0540 e. The van der Waals surface area contributed by atoms with E-state index in [4.69, 9.17) is 0 Å². The largest absolute Gasteiger partial charge is 0.310 e. The van der Waals surface area contributed by atoms with E-state index in [1.165, 1.54) is 97.4 Å². The summed E-state index contributed by atoms with van der Waals surface area (Å²) < 4.78 is 2.65. The fourth-order valence-corrected chi connectivity index (χ4v) is 11.2. The second-order valence-corrected chi connectivity index (χ2v) is 17.9. The summed E-state index contributed by atoms with van der Waals surface area (Å²) in [6, 6.07) is 78.7. The molecule has 0 N–H and O–H groups in total. The Morgan fingerprint density at radius 2 is 0.984 bits per heavy atom. The minimum absolute atomic E-state index is 0.131. The lowest BCUT2D eigenvalue weighted by Crippen LogP contribution is -2.17. The highest BCUT2D eigenvalue weighted by molar-refractivity contribution is 7.26. The molecule has 0 saturated carbocycles. The van der Waals surface area contributed by atoms with Gasteiger partial charge in [0.15, 0.2) is 0 Å². The molecular weight excluding hydrogens is 755 g/mol. The summed E-state index contributed by atoms with van der Waals surface area (Å²) in [5.41, 5.74) is 15.9. The van der Waals surface area contributed by atoms with Crippen LogP contribution in [0.15, 0.2) is 212 Å². The minimum atomic E-state index is -0.131. The molecule has 0 aliphatic heterocycles. The Balaban J connectivity index is 1.04. The van der Waals surface area contributed by atoms with Crippen LogP contribution in [-0.4, -0.2) is 0 Å². The number of fused-ring (bicyclic) bond motifs is 9. The molecule has 0 atom stereocenters. The first-order valence-electron chi connectivity index (χ1n) is 21.2. The standard InChI is InChI=1S/C59H41NS/c1-59(2)54-21-10-8-17-49(54)50-33-31-45(37-55(50)59)60(44-29-25-40(26-30-44)48-19-12-20-52-51-18-9-11-22-57(51)61-58(48)52)56-34-28-42(36-53(56)38-13-4-3-5-14-38)41-27-32-47-43(35-41)24-23-39-15-6-7-16-46(39)47/h3-37H,1-2H3. The topological polar surface area (TPSA) is 3.24 Å². The predicted molar refractivity (Wildman–Crippen MR) is 263 cm³/mol. The number of nitrogens with zero attached hydrogens (tertiary/aromatic N) is 1. The summed E-state index contributed by atoms with van der Waals surface area (Å²) in [6.45, 7) is 4.73. The van der Waals surface area contributed by atoms with Crippen LogP contribution < -0.4 is 4.90 Å². The lowest BCUT2D eigenvalue weighted by Gasteiger charge is -2.30. The Hall–Kier alpha value is -7.26.